The van der Waals surface area contributed by atoms with Crippen LogP contribution in [0.3, 0.4) is 0 Å². The minimum atomic E-state index is -0.387. The maximum Gasteiger partial charge on any atom is 0.417 e. The summed E-state index contributed by atoms with van der Waals surface area (Å²) in [6.45, 7) is 2.08. The largest absolute Gasteiger partial charge is 0.452 e. The van der Waals surface area contributed by atoms with E-state index in [1.165, 1.54) is 23.1 Å². The van der Waals surface area contributed by atoms with Crippen molar-refractivity contribution in [1.29, 1.82) is 0 Å². The summed E-state index contributed by atoms with van der Waals surface area (Å²) in [5.41, 5.74) is 2.53. The molecular weight excluding hydrogens is 306 g/mol. The molecule has 0 aliphatic carbocycles. The predicted molar refractivity (Wildman–Crippen MR) is 78.8 cm³/mol. The number of benzene rings is 1. The summed E-state index contributed by atoms with van der Waals surface area (Å²) < 4.78 is 5.65. The molecule has 0 saturated heterocycles. The molecular formula is C15H16BrNO2. The molecule has 19 heavy (non-hydrogen) atoms. The zero-order valence-corrected chi connectivity index (χ0v) is 12.6. The summed E-state index contributed by atoms with van der Waals surface area (Å²) in [6, 6.07) is 8.49. The number of hydrogen-bond acceptors (Lipinski definition) is 2. The molecule has 0 radical (unpaired) electrons. The van der Waals surface area contributed by atoms with Gasteiger partial charge >= 0.3 is 6.09 Å². The molecule has 4 heteroatoms. The molecule has 1 aromatic rings. The van der Waals surface area contributed by atoms with Crippen LogP contribution < -0.4 is 0 Å². The van der Waals surface area contributed by atoms with Crippen LogP contribution in [-0.2, 0) is 11.2 Å². The normalized spacial score (nSPS) is 18.2. The molecule has 0 saturated carbocycles. The Labute approximate surface area is 121 Å². The fourth-order valence-corrected chi connectivity index (χ4v) is 2.46. The molecule has 100 valence electrons. The van der Waals surface area contributed by atoms with Gasteiger partial charge in [-0.05, 0) is 18.9 Å². The smallest absolute Gasteiger partial charge is 0.417 e. The number of nitrogens with zero attached hydrogens (tertiary/aromatic N) is 1. The molecule has 0 aromatic heterocycles. The van der Waals surface area contributed by atoms with Gasteiger partial charge in [0.1, 0.15) is 0 Å². The topological polar surface area (TPSA) is 29.5 Å². The van der Waals surface area contributed by atoms with Crippen LogP contribution in [0.15, 0.2) is 47.2 Å². The van der Waals surface area contributed by atoms with Crippen molar-refractivity contribution in [3.63, 3.8) is 0 Å². The van der Waals surface area contributed by atoms with E-state index in [0.29, 0.717) is 0 Å². The Bertz CT molecular complexity index is 519. The van der Waals surface area contributed by atoms with Crippen LogP contribution in [0, 0.1) is 12.8 Å². The van der Waals surface area contributed by atoms with Crippen LogP contribution in [0.1, 0.15) is 11.1 Å². The third kappa shape index (κ3) is 3.47. The first-order valence-electron chi connectivity index (χ1n) is 6.07. The van der Waals surface area contributed by atoms with Crippen molar-refractivity contribution >= 4 is 22.0 Å². The van der Waals surface area contributed by atoms with Crippen molar-refractivity contribution in [1.82, 2.24) is 4.90 Å². The van der Waals surface area contributed by atoms with Crippen molar-refractivity contribution in [3.05, 3.63) is 58.4 Å². The van der Waals surface area contributed by atoms with E-state index < -0.39 is 0 Å². The van der Waals surface area contributed by atoms with Gasteiger partial charge in [-0.2, -0.15) is 0 Å². The SMILES string of the molecule is COC(=O)N1C=CC(Cc2ccc(C)cc2)C(Br)=C1. The molecule has 1 atom stereocenters. The number of aryl methyl sites for hydroxylation is 1. The third-order valence-electron chi connectivity index (χ3n) is 3.06. The summed E-state index contributed by atoms with van der Waals surface area (Å²) in [6.07, 6.45) is 6.02. The second-order valence-corrected chi connectivity index (χ2v) is 5.44. The lowest BCUT2D eigenvalue weighted by atomic mass is 9.97. The second-order valence-electron chi connectivity index (χ2n) is 4.53. The first-order valence-corrected chi connectivity index (χ1v) is 6.87. The minimum absolute atomic E-state index is 0.253. The van der Waals surface area contributed by atoms with E-state index in [4.69, 9.17) is 0 Å². The highest BCUT2D eigenvalue weighted by molar-refractivity contribution is 9.11. The fourth-order valence-electron chi connectivity index (χ4n) is 1.92. The summed E-state index contributed by atoms with van der Waals surface area (Å²) in [5.74, 6) is 0.253. The lowest BCUT2D eigenvalue weighted by molar-refractivity contribution is 0.151. The number of rotatable bonds is 2. The van der Waals surface area contributed by atoms with Crippen molar-refractivity contribution in [2.75, 3.05) is 7.11 Å². The Balaban J connectivity index is 2.06. The van der Waals surface area contributed by atoms with Gasteiger partial charge in [-0.25, -0.2) is 4.79 Å². The maximum absolute atomic E-state index is 11.4. The van der Waals surface area contributed by atoms with Gasteiger partial charge in [-0.1, -0.05) is 51.8 Å². The van der Waals surface area contributed by atoms with Crippen LogP contribution in [-0.4, -0.2) is 18.1 Å². The van der Waals surface area contributed by atoms with E-state index >= 15 is 0 Å². The molecule has 0 fully saturated rings. The molecule has 2 rings (SSSR count). The molecule has 3 nitrogen and oxygen atoms in total. The van der Waals surface area contributed by atoms with Crippen LogP contribution >= 0.6 is 15.9 Å². The number of amides is 1. The highest BCUT2D eigenvalue weighted by Crippen LogP contribution is 2.28. The van der Waals surface area contributed by atoms with E-state index in [1.807, 2.05) is 6.08 Å². The fraction of sp³-hybridized carbons (Fsp3) is 0.267. The van der Waals surface area contributed by atoms with Crippen LogP contribution in [0.2, 0.25) is 0 Å². The Morgan fingerprint density at radius 2 is 2.05 bits per heavy atom. The first kappa shape index (κ1) is 13.9. The Kier molecular flexibility index (Phi) is 4.43. The van der Waals surface area contributed by atoms with Gasteiger partial charge in [-0.3, -0.25) is 4.90 Å². The Morgan fingerprint density at radius 3 is 2.63 bits per heavy atom. The monoisotopic (exact) mass is 321 g/mol. The predicted octanol–water partition coefficient (Wildman–Crippen LogP) is 3.99. The van der Waals surface area contributed by atoms with E-state index in [2.05, 4.69) is 51.9 Å². The zero-order chi connectivity index (χ0) is 13.8. The summed E-state index contributed by atoms with van der Waals surface area (Å²) >= 11 is 3.52. The maximum atomic E-state index is 11.4. The molecule has 1 heterocycles. The molecule has 0 N–H and O–H groups in total. The Morgan fingerprint density at radius 1 is 1.37 bits per heavy atom. The number of carbonyl (C=O) groups is 1. The highest BCUT2D eigenvalue weighted by atomic mass is 79.9. The van der Waals surface area contributed by atoms with Crippen LogP contribution in [0.4, 0.5) is 4.79 Å². The lowest BCUT2D eigenvalue weighted by Crippen LogP contribution is -2.23. The van der Waals surface area contributed by atoms with Gasteiger partial charge in [-0.15, -0.1) is 0 Å². The van der Waals surface area contributed by atoms with Gasteiger partial charge < -0.3 is 4.74 Å². The van der Waals surface area contributed by atoms with Gasteiger partial charge in [0, 0.05) is 22.8 Å². The molecule has 1 amide bonds. The van der Waals surface area contributed by atoms with E-state index in [-0.39, 0.29) is 12.0 Å². The van der Waals surface area contributed by atoms with E-state index in [0.717, 1.165) is 10.9 Å². The average molecular weight is 322 g/mol. The van der Waals surface area contributed by atoms with Gasteiger partial charge in [0.25, 0.3) is 0 Å². The van der Waals surface area contributed by atoms with Gasteiger partial charge in [0.2, 0.25) is 0 Å². The van der Waals surface area contributed by atoms with Crippen molar-refractivity contribution in [3.8, 4) is 0 Å². The number of hydrogen-bond donors (Lipinski definition) is 0. The van der Waals surface area contributed by atoms with Crippen molar-refractivity contribution < 1.29 is 9.53 Å². The third-order valence-corrected chi connectivity index (χ3v) is 3.85. The van der Waals surface area contributed by atoms with Crippen molar-refractivity contribution in [2.45, 2.75) is 13.3 Å². The lowest BCUT2D eigenvalue weighted by Gasteiger charge is -2.22. The quantitative estimate of drug-likeness (QED) is 0.824. The minimum Gasteiger partial charge on any atom is -0.452 e. The molecule has 1 aliphatic heterocycles. The zero-order valence-electron chi connectivity index (χ0n) is 11.0. The second kappa shape index (κ2) is 6.06. The molecule has 1 unspecified atom stereocenters. The highest BCUT2D eigenvalue weighted by Gasteiger charge is 2.19. The van der Waals surface area contributed by atoms with Gasteiger partial charge in [0.05, 0.1) is 7.11 Å². The summed E-state index contributed by atoms with van der Waals surface area (Å²) in [5, 5.41) is 0. The number of ether oxygens (including phenoxy) is 1. The molecule has 1 aromatic carbocycles. The van der Waals surface area contributed by atoms with Crippen molar-refractivity contribution in [2.24, 2.45) is 5.92 Å². The number of methoxy groups -OCH3 is 1. The standard InChI is InChI=1S/C15H16BrNO2/c1-11-3-5-12(6-4-11)9-13-7-8-17(10-14(13)16)15(18)19-2/h3-8,10,13H,9H2,1-2H3. The first-order chi connectivity index (χ1) is 9.10. The summed E-state index contributed by atoms with van der Waals surface area (Å²) in [7, 11) is 1.37. The molecule has 0 bridgehead atoms. The Hall–Kier alpha value is -1.55. The van der Waals surface area contributed by atoms with E-state index in [9.17, 15) is 4.79 Å². The average Bonchev–Trinajstić information content (AvgIpc) is 2.42. The van der Waals surface area contributed by atoms with Crippen LogP contribution in [0.25, 0.3) is 0 Å². The van der Waals surface area contributed by atoms with E-state index in [1.54, 1.807) is 12.4 Å². The van der Waals surface area contributed by atoms with Gasteiger partial charge in [0.15, 0.2) is 0 Å². The van der Waals surface area contributed by atoms with Crippen LogP contribution in [0.5, 0.6) is 0 Å². The number of allylic oxidation sites excluding steroid dienone is 2. The number of halogens is 1. The summed E-state index contributed by atoms with van der Waals surface area (Å²) in [4.78, 5) is 12.8. The molecule has 1 aliphatic rings. The number of carbonyl (C=O) groups excluding carboxylic acids is 1. The molecule has 0 spiro atoms.